The number of nitrogens with zero attached hydrogens (tertiary/aromatic N) is 4. The zero-order valence-corrected chi connectivity index (χ0v) is 15.2. The molecule has 0 aliphatic heterocycles. The normalized spacial score (nSPS) is 12.6. The van der Waals surface area contributed by atoms with Crippen LogP contribution in [0, 0.1) is 0 Å². The molecule has 6 nitrogen and oxygen atoms in total. The molecule has 2 heterocycles. The second-order valence-electron chi connectivity index (χ2n) is 6.47. The first-order chi connectivity index (χ1) is 13.2. The van der Waals surface area contributed by atoms with Crippen LogP contribution in [-0.2, 0) is 19.6 Å². The highest BCUT2D eigenvalue weighted by atomic mass is 19.4. The molecule has 1 atom stereocenters. The molecular formula is C19H18F3N5O. The van der Waals surface area contributed by atoms with Gasteiger partial charge in [-0.05, 0) is 35.7 Å². The van der Waals surface area contributed by atoms with Crippen LogP contribution in [0.4, 0.5) is 18.9 Å². The van der Waals surface area contributed by atoms with Crippen molar-refractivity contribution in [2.45, 2.75) is 25.4 Å². The lowest BCUT2D eigenvalue weighted by Gasteiger charge is -2.13. The molecule has 3 aromatic rings. The molecule has 0 unspecified atom stereocenters. The summed E-state index contributed by atoms with van der Waals surface area (Å²) in [6.45, 7) is 2.02. The van der Waals surface area contributed by atoms with E-state index in [1.54, 1.807) is 24.5 Å². The zero-order valence-electron chi connectivity index (χ0n) is 15.2. The van der Waals surface area contributed by atoms with Gasteiger partial charge in [-0.25, -0.2) is 0 Å². The van der Waals surface area contributed by atoms with Crippen molar-refractivity contribution in [3.8, 4) is 0 Å². The second-order valence-corrected chi connectivity index (χ2v) is 6.47. The zero-order chi connectivity index (χ0) is 20.3. The minimum atomic E-state index is -4.53. The average Bonchev–Trinajstić information content (AvgIpc) is 3.06. The largest absolute Gasteiger partial charge is 0.416 e. The summed E-state index contributed by atoms with van der Waals surface area (Å²) in [4.78, 5) is 16.0. The Morgan fingerprint density at radius 2 is 2.04 bits per heavy atom. The van der Waals surface area contributed by atoms with Gasteiger partial charge in [-0.3, -0.25) is 9.78 Å². The Labute approximate surface area is 159 Å². The van der Waals surface area contributed by atoms with Crippen LogP contribution in [0.3, 0.4) is 0 Å². The van der Waals surface area contributed by atoms with Crippen LogP contribution in [0.5, 0.6) is 0 Å². The fourth-order valence-electron chi connectivity index (χ4n) is 2.73. The van der Waals surface area contributed by atoms with Crippen molar-refractivity contribution in [1.29, 1.82) is 0 Å². The highest BCUT2D eigenvalue weighted by Gasteiger charge is 2.31. The minimum Gasteiger partial charge on any atom is -0.321 e. The van der Waals surface area contributed by atoms with E-state index in [-0.39, 0.29) is 11.6 Å². The number of aryl methyl sites for hydroxylation is 1. The van der Waals surface area contributed by atoms with E-state index in [4.69, 9.17) is 0 Å². The van der Waals surface area contributed by atoms with Crippen LogP contribution in [-0.4, -0.2) is 25.7 Å². The van der Waals surface area contributed by atoms with Gasteiger partial charge in [-0.15, -0.1) is 10.2 Å². The molecule has 1 aromatic carbocycles. The van der Waals surface area contributed by atoms with E-state index in [2.05, 4.69) is 20.5 Å². The Balaban J connectivity index is 1.74. The number of hydrogen-bond donors (Lipinski definition) is 1. The molecule has 146 valence electrons. The van der Waals surface area contributed by atoms with Crippen LogP contribution >= 0.6 is 0 Å². The van der Waals surface area contributed by atoms with Gasteiger partial charge in [-0.2, -0.15) is 13.2 Å². The van der Waals surface area contributed by atoms with Gasteiger partial charge in [0.15, 0.2) is 0 Å². The number of carbonyl (C=O) groups is 1. The smallest absolute Gasteiger partial charge is 0.321 e. The Hall–Kier alpha value is -3.23. The number of rotatable bonds is 5. The number of carbonyl (C=O) groups excluding carboxylic acids is 1. The van der Waals surface area contributed by atoms with Gasteiger partial charge in [0.2, 0.25) is 0 Å². The topological polar surface area (TPSA) is 72.7 Å². The Morgan fingerprint density at radius 1 is 1.25 bits per heavy atom. The third-order valence-corrected chi connectivity index (χ3v) is 4.33. The molecule has 28 heavy (non-hydrogen) atoms. The maximum Gasteiger partial charge on any atom is 0.416 e. The molecule has 9 heteroatoms. The van der Waals surface area contributed by atoms with Crippen molar-refractivity contribution in [2.75, 3.05) is 5.32 Å². The number of halogens is 3. The standard InChI is InChI=1S/C19H18F3N5O/c1-12(8-17-26-24-11-27(17)2)13-4-3-5-15(9-13)25-18(28)16-10-14(6-7-23-16)19(20,21)22/h3-7,9-12H,8H2,1-2H3,(H,25,28)/t12-/m1/s1. The molecule has 0 spiro atoms. The number of amides is 1. The summed E-state index contributed by atoms with van der Waals surface area (Å²) < 4.78 is 40.3. The summed E-state index contributed by atoms with van der Waals surface area (Å²) in [5, 5.41) is 10.5. The van der Waals surface area contributed by atoms with E-state index in [1.165, 1.54) is 0 Å². The number of nitrogens with one attached hydrogen (secondary N) is 1. The molecule has 0 aliphatic carbocycles. The van der Waals surface area contributed by atoms with Crippen LogP contribution in [0.1, 0.15) is 40.3 Å². The average molecular weight is 389 g/mol. The van der Waals surface area contributed by atoms with E-state index >= 15 is 0 Å². The molecule has 2 aromatic heterocycles. The summed E-state index contributed by atoms with van der Waals surface area (Å²) in [5.74, 6) is 0.228. The lowest BCUT2D eigenvalue weighted by Crippen LogP contribution is -2.16. The predicted molar refractivity (Wildman–Crippen MR) is 96.8 cm³/mol. The van der Waals surface area contributed by atoms with Gasteiger partial charge in [0.1, 0.15) is 17.8 Å². The first-order valence-corrected chi connectivity index (χ1v) is 8.51. The quantitative estimate of drug-likeness (QED) is 0.720. The van der Waals surface area contributed by atoms with E-state index in [1.807, 2.05) is 24.6 Å². The Kier molecular flexibility index (Phi) is 5.43. The first kappa shape index (κ1) is 19.5. The number of anilines is 1. The molecule has 0 aliphatic rings. The highest BCUT2D eigenvalue weighted by Crippen LogP contribution is 2.29. The van der Waals surface area contributed by atoms with E-state index in [0.717, 1.165) is 29.7 Å². The molecule has 0 saturated heterocycles. The predicted octanol–water partition coefficient (Wildman–Crippen LogP) is 3.83. The first-order valence-electron chi connectivity index (χ1n) is 8.51. The van der Waals surface area contributed by atoms with E-state index < -0.39 is 17.6 Å². The lowest BCUT2D eigenvalue weighted by molar-refractivity contribution is -0.137. The summed E-state index contributed by atoms with van der Waals surface area (Å²) in [5.41, 5.74) is 0.218. The number of hydrogen-bond acceptors (Lipinski definition) is 4. The van der Waals surface area contributed by atoms with Crippen molar-refractivity contribution >= 4 is 11.6 Å². The summed E-state index contributed by atoms with van der Waals surface area (Å²) >= 11 is 0. The van der Waals surface area contributed by atoms with Gasteiger partial charge in [0.05, 0.1) is 5.56 Å². The third kappa shape index (κ3) is 4.54. The summed E-state index contributed by atoms with van der Waals surface area (Å²) in [7, 11) is 1.86. The SMILES string of the molecule is C[C@H](Cc1nncn1C)c1cccc(NC(=O)c2cc(C(F)(F)F)ccn2)c1. The molecule has 3 rings (SSSR count). The molecule has 1 N–H and O–H groups in total. The van der Waals surface area contributed by atoms with Crippen molar-refractivity contribution in [3.05, 3.63) is 71.6 Å². The molecular weight excluding hydrogens is 371 g/mol. The van der Waals surface area contributed by atoms with Gasteiger partial charge in [0, 0.05) is 25.4 Å². The van der Waals surface area contributed by atoms with E-state index in [0.29, 0.717) is 12.1 Å². The van der Waals surface area contributed by atoms with Gasteiger partial charge >= 0.3 is 6.18 Å². The summed E-state index contributed by atoms with van der Waals surface area (Å²) in [6, 6.07) is 8.70. The molecule has 0 bridgehead atoms. The second kappa shape index (κ2) is 7.79. The number of aromatic nitrogens is 4. The van der Waals surface area contributed by atoms with Crippen molar-refractivity contribution in [3.63, 3.8) is 0 Å². The molecule has 0 fully saturated rings. The maximum atomic E-state index is 12.8. The number of alkyl halides is 3. The maximum absolute atomic E-state index is 12.8. The van der Waals surface area contributed by atoms with E-state index in [9.17, 15) is 18.0 Å². The van der Waals surface area contributed by atoms with Crippen LogP contribution in [0.25, 0.3) is 0 Å². The van der Waals surface area contributed by atoms with Gasteiger partial charge in [-0.1, -0.05) is 19.1 Å². The molecule has 0 saturated carbocycles. The van der Waals surface area contributed by atoms with Crippen molar-refractivity contribution in [1.82, 2.24) is 19.7 Å². The summed E-state index contributed by atoms with van der Waals surface area (Å²) in [6.07, 6.45) is -1.28. The van der Waals surface area contributed by atoms with Crippen molar-refractivity contribution < 1.29 is 18.0 Å². The van der Waals surface area contributed by atoms with Crippen LogP contribution in [0.2, 0.25) is 0 Å². The number of pyridine rings is 1. The molecule has 1 amide bonds. The fourth-order valence-corrected chi connectivity index (χ4v) is 2.73. The lowest BCUT2D eigenvalue weighted by atomic mass is 9.97. The van der Waals surface area contributed by atoms with Crippen LogP contribution < -0.4 is 5.32 Å². The fraction of sp³-hybridized carbons (Fsp3) is 0.263. The Morgan fingerprint density at radius 3 is 2.71 bits per heavy atom. The highest BCUT2D eigenvalue weighted by molar-refractivity contribution is 6.03. The Bertz CT molecular complexity index is 983. The minimum absolute atomic E-state index is 0.103. The third-order valence-electron chi connectivity index (χ3n) is 4.33. The number of benzene rings is 1. The van der Waals surface area contributed by atoms with Crippen LogP contribution in [0.15, 0.2) is 48.9 Å². The monoisotopic (exact) mass is 389 g/mol. The van der Waals surface area contributed by atoms with Gasteiger partial charge < -0.3 is 9.88 Å². The van der Waals surface area contributed by atoms with Gasteiger partial charge in [0.25, 0.3) is 5.91 Å². The molecule has 0 radical (unpaired) electrons. The van der Waals surface area contributed by atoms with Crippen molar-refractivity contribution in [2.24, 2.45) is 7.05 Å².